The van der Waals surface area contributed by atoms with E-state index in [0.717, 1.165) is 5.56 Å². The molecule has 1 amide bonds. The first-order chi connectivity index (χ1) is 13.9. The fourth-order valence-corrected chi connectivity index (χ4v) is 5.08. The minimum Gasteiger partial charge on any atom is -0.480 e. The van der Waals surface area contributed by atoms with Gasteiger partial charge in [-0.15, -0.1) is 6.42 Å². The Hall–Kier alpha value is -2.89. The first kappa shape index (κ1) is 19.4. The van der Waals surface area contributed by atoms with Crippen LogP contribution in [0.5, 0.6) is 5.75 Å². The van der Waals surface area contributed by atoms with Crippen molar-refractivity contribution in [3.05, 3.63) is 68.2 Å². The number of fused-ring (bicyclic) bond motifs is 2. The Morgan fingerprint density at radius 2 is 2.17 bits per heavy atom. The Balaban J connectivity index is 1.80. The zero-order valence-electron chi connectivity index (χ0n) is 15.6. The van der Waals surface area contributed by atoms with Crippen molar-refractivity contribution in [3.8, 4) is 18.1 Å². The zero-order chi connectivity index (χ0) is 20.8. The minimum absolute atomic E-state index is 0.127. The molecule has 1 N–H and O–H groups in total. The number of amides is 1. The van der Waals surface area contributed by atoms with Crippen LogP contribution in [0.1, 0.15) is 17.0 Å². The summed E-state index contributed by atoms with van der Waals surface area (Å²) in [5.41, 5.74) is 0.670. The third kappa shape index (κ3) is 2.81. The number of carbonyl (C=O) groups is 1. The molecule has 0 saturated carbocycles. The van der Waals surface area contributed by atoms with Crippen molar-refractivity contribution in [2.24, 2.45) is 0 Å². The highest BCUT2D eigenvalue weighted by atomic mass is 79.9. The van der Waals surface area contributed by atoms with Crippen LogP contribution in [0.3, 0.4) is 0 Å². The number of halogens is 1. The van der Waals surface area contributed by atoms with Gasteiger partial charge in [0.05, 0.1) is 10.4 Å². The molecule has 0 aromatic heterocycles. The second kappa shape index (κ2) is 7.17. The van der Waals surface area contributed by atoms with Crippen LogP contribution >= 0.6 is 15.9 Å². The first-order valence-electron chi connectivity index (χ1n) is 9.02. The Kier molecular flexibility index (Phi) is 4.81. The van der Waals surface area contributed by atoms with Crippen LogP contribution in [0.2, 0.25) is 0 Å². The lowest BCUT2D eigenvalue weighted by molar-refractivity contribution is -0.534. The fourth-order valence-electron chi connectivity index (χ4n) is 4.56. The van der Waals surface area contributed by atoms with Gasteiger partial charge in [0.1, 0.15) is 12.4 Å². The van der Waals surface area contributed by atoms with Gasteiger partial charge in [-0.05, 0) is 46.7 Å². The molecule has 2 aromatic rings. The van der Waals surface area contributed by atoms with Crippen LogP contribution in [0.4, 0.5) is 5.69 Å². The van der Waals surface area contributed by atoms with E-state index in [2.05, 4.69) is 27.2 Å². The minimum atomic E-state index is -1.35. The van der Waals surface area contributed by atoms with Gasteiger partial charge in [-0.3, -0.25) is 19.8 Å². The molecule has 2 aliphatic heterocycles. The number of anilines is 1. The molecule has 148 valence electrons. The summed E-state index contributed by atoms with van der Waals surface area (Å²) in [7, 11) is 1.76. The summed E-state index contributed by atoms with van der Waals surface area (Å²) in [6, 6.07) is 11.4. The zero-order valence-corrected chi connectivity index (χ0v) is 17.2. The lowest BCUT2D eigenvalue weighted by atomic mass is 9.79. The second-order valence-electron chi connectivity index (χ2n) is 7.17. The molecule has 7 nitrogen and oxygen atoms in total. The summed E-state index contributed by atoms with van der Waals surface area (Å²) in [5, 5.41) is 15.1. The smallest absolute Gasteiger partial charge is 0.256 e. The number of terminal acetylenes is 1. The van der Waals surface area contributed by atoms with E-state index in [4.69, 9.17) is 11.2 Å². The average Bonchev–Trinajstić information content (AvgIpc) is 3.17. The van der Waals surface area contributed by atoms with Gasteiger partial charge in [-0.2, -0.15) is 0 Å². The van der Waals surface area contributed by atoms with Gasteiger partial charge < -0.3 is 10.1 Å². The molecule has 0 aliphatic carbocycles. The molecule has 1 saturated heterocycles. The maximum Gasteiger partial charge on any atom is 0.256 e. The molecule has 8 heteroatoms. The number of likely N-dealkylation sites (tertiary alicyclic amines) is 1. The molecule has 29 heavy (non-hydrogen) atoms. The van der Waals surface area contributed by atoms with E-state index in [1.165, 1.54) is 0 Å². The molecule has 2 aliphatic rings. The number of rotatable bonds is 4. The van der Waals surface area contributed by atoms with Crippen LogP contribution in [0.15, 0.2) is 46.9 Å². The van der Waals surface area contributed by atoms with Crippen molar-refractivity contribution in [1.82, 2.24) is 4.90 Å². The van der Waals surface area contributed by atoms with E-state index < -0.39 is 17.5 Å². The summed E-state index contributed by atoms with van der Waals surface area (Å²) in [6.45, 7) is 0.492. The Morgan fingerprint density at radius 3 is 2.86 bits per heavy atom. The van der Waals surface area contributed by atoms with Gasteiger partial charge in [-0.25, -0.2) is 0 Å². The summed E-state index contributed by atoms with van der Waals surface area (Å²) < 4.78 is 6.12. The highest BCUT2D eigenvalue weighted by molar-refractivity contribution is 9.10. The van der Waals surface area contributed by atoms with Gasteiger partial charge in [0, 0.05) is 22.7 Å². The molecule has 3 atom stereocenters. The third-order valence-corrected chi connectivity index (χ3v) is 6.36. The maximum absolute atomic E-state index is 13.1. The monoisotopic (exact) mass is 455 g/mol. The quantitative estimate of drug-likeness (QED) is 0.435. The van der Waals surface area contributed by atoms with Gasteiger partial charge in [0.15, 0.2) is 5.54 Å². The second-order valence-corrected chi connectivity index (χ2v) is 8.02. The predicted molar refractivity (Wildman–Crippen MR) is 111 cm³/mol. The van der Waals surface area contributed by atoms with Gasteiger partial charge in [0.2, 0.25) is 0 Å². The summed E-state index contributed by atoms with van der Waals surface area (Å²) >= 11 is 3.45. The van der Waals surface area contributed by atoms with Crippen molar-refractivity contribution in [3.63, 3.8) is 0 Å². The topological polar surface area (TPSA) is 84.7 Å². The lowest BCUT2D eigenvalue weighted by Crippen LogP contribution is -2.54. The molecule has 1 spiro atoms. The number of nitrogens with zero attached hydrogens (tertiary/aromatic N) is 2. The number of ether oxygens (including phenoxy) is 1. The first-order valence-corrected chi connectivity index (χ1v) is 9.82. The van der Waals surface area contributed by atoms with Crippen LogP contribution in [0.25, 0.3) is 0 Å². The van der Waals surface area contributed by atoms with Gasteiger partial charge in [0.25, 0.3) is 11.9 Å². The number of carbonyl (C=O) groups excluding carboxylic acids is 1. The largest absolute Gasteiger partial charge is 0.480 e. The van der Waals surface area contributed by atoms with Crippen LogP contribution in [0, 0.1) is 22.5 Å². The standard InChI is InChI=1S/C21H18BrN3O4/c1-3-10-29-18-9-8-13(11-16(18)22)14-12-24(2)21(19(14)25(27)28)15-6-4-5-7-17(15)23-20(21)26/h1,4-9,11,14,19H,10,12H2,2H3,(H,23,26)/t14-,19-,21+/m0/s1. The van der Waals surface area contributed by atoms with E-state index in [1.807, 2.05) is 0 Å². The van der Waals surface area contributed by atoms with Crippen molar-refractivity contribution in [1.29, 1.82) is 0 Å². The lowest BCUT2D eigenvalue weighted by Gasteiger charge is -2.30. The average molecular weight is 456 g/mol. The molecule has 0 unspecified atom stereocenters. The van der Waals surface area contributed by atoms with Gasteiger partial charge in [-0.1, -0.05) is 30.2 Å². The Morgan fingerprint density at radius 1 is 1.41 bits per heavy atom. The van der Waals surface area contributed by atoms with Crippen molar-refractivity contribution in [2.45, 2.75) is 17.5 Å². The molecular formula is C21H18BrN3O4. The molecule has 2 heterocycles. The highest BCUT2D eigenvalue weighted by Crippen LogP contribution is 2.52. The van der Waals surface area contributed by atoms with E-state index in [9.17, 15) is 14.9 Å². The summed E-state index contributed by atoms with van der Waals surface area (Å²) in [5.74, 6) is 2.12. The molecule has 4 rings (SSSR count). The molecular weight excluding hydrogens is 438 g/mol. The number of para-hydroxylation sites is 1. The van der Waals surface area contributed by atoms with E-state index in [0.29, 0.717) is 28.0 Å². The molecule has 1 fully saturated rings. The summed E-state index contributed by atoms with van der Waals surface area (Å²) in [4.78, 5) is 26.8. The molecule has 0 radical (unpaired) electrons. The molecule has 2 aromatic carbocycles. The van der Waals surface area contributed by atoms with Crippen LogP contribution in [-0.4, -0.2) is 42.0 Å². The number of nitro groups is 1. The van der Waals surface area contributed by atoms with E-state index in [1.54, 1.807) is 54.4 Å². The number of nitrogens with one attached hydrogen (secondary N) is 1. The summed E-state index contributed by atoms with van der Waals surface area (Å²) in [6.07, 6.45) is 5.23. The highest BCUT2D eigenvalue weighted by Gasteiger charge is 2.68. The third-order valence-electron chi connectivity index (χ3n) is 5.74. The van der Waals surface area contributed by atoms with Crippen molar-refractivity contribution in [2.75, 3.05) is 25.5 Å². The van der Waals surface area contributed by atoms with E-state index >= 15 is 0 Å². The normalized spacial score (nSPS) is 25.5. The number of likely N-dealkylation sites (N-methyl/N-ethyl adjacent to an activating group) is 1. The van der Waals surface area contributed by atoms with Crippen LogP contribution in [-0.2, 0) is 10.3 Å². The Labute approximate surface area is 176 Å². The van der Waals surface area contributed by atoms with Gasteiger partial charge >= 0.3 is 0 Å². The molecule has 0 bridgehead atoms. The maximum atomic E-state index is 13.1. The number of hydrogen-bond donors (Lipinski definition) is 1. The fraction of sp³-hybridized carbons (Fsp3) is 0.286. The number of benzene rings is 2. The van der Waals surface area contributed by atoms with E-state index in [-0.39, 0.29) is 17.4 Å². The SMILES string of the molecule is C#CCOc1ccc([C@@H]2CN(C)[C@@]3(C(=O)Nc4ccccc43)[C@H]2[N+](=O)[O-])cc1Br. The van der Waals surface area contributed by atoms with Crippen molar-refractivity contribution < 1.29 is 14.5 Å². The number of hydrogen-bond acceptors (Lipinski definition) is 5. The van der Waals surface area contributed by atoms with Crippen LogP contribution < -0.4 is 10.1 Å². The Bertz CT molecular complexity index is 1050. The predicted octanol–water partition coefficient (Wildman–Crippen LogP) is 2.98. The van der Waals surface area contributed by atoms with Crippen molar-refractivity contribution >= 4 is 27.5 Å².